The summed E-state index contributed by atoms with van der Waals surface area (Å²) in [6, 6.07) is 8.70. The highest BCUT2D eigenvalue weighted by Gasteiger charge is 2.84. The van der Waals surface area contributed by atoms with Crippen LogP contribution < -0.4 is 0 Å². The number of hydrogen-bond donors (Lipinski definition) is 0. The van der Waals surface area contributed by atoms with E-state index in [-0.39, 0.29) is 23.5 Å². The zero-order valence-corrected chi connectivity index (χ0v) is 25.0. The third-order valence-corrected chi connectivity index (χ3v) is 9.79. The molecule has 1 aliphatic heterocycles. The van der Waals surface area contributed by atoms with Crippen LogP contribution in [0.2, 0.25) is 0 Å². The van der Waals surface area contributed by atoms with Crippen LogP contribution in [0.4, 0.5) is 0 Å². The van der Waals surface area contributed by atoms with E-state index in [0.29, 0.717) is 17.6 Å². The number of ether oxygens (including phenoxy) is 5. The third-order valence-electron chi connectivity index (χ3n) is 9.79. The van der Waals surface area contributed by atoms with Gasteiger partial charge in [0.05, 0.1) is 11.5 Å². The number of Topliss-reactive ketones (excluding diaryl/α,β-unsaturated/α-hetero) is 1. The van der Waals surface area contributed by atoms with Gasteiger partial charge in [0, 0.05) is 32.8 Å². The Hall–Kier alpha value is -3.04. The molecule has 0 spiro atoms. The molecule has 1 aromatic carbocycles. The van der Waals surface area contributed by atoms with E-state index in [2.05, 4.69) is 0 Å². The van der Waals surface area contributed by atoms with E-state index in [4.69, 9.17) is 23.7 Å². The molecule has 9 heteroatoms. The Morgan fingerprint density at radius 2 is 1.54 bits per heavy atom. The molecule has 3 aliphatic carbocycles. The lowest BCUT2D eigenvalue weighted by Crippen LogP contribution is -2.43. The van der Waals surface area contributed by atoms with Crippen molar-refractivity contribution in [1.29, 1.82) is 0 Å². The monoisotopic (exact) mass is 568 g/mol. The van der Waals surface area contributed by atoms with Crippen molar-refractivity contribution in [2.75, 3.05) is 7.11 Å². The smallest absolute Gasteiger partial charge is 0.338 e. The molecule has 41 heavy (non-hydrogen) atoms. The number of rotatable bonds is 5. The van der Waals surface area contributed by atoms with Crippen LogP contribution in [-0.2, 0) is 38.1 Å². The molecule has 0 N–H and O–H groups in total. The van der Waals surface area contributed by atoms with E-state index in [0.717, 1.165) is 0 Å². The quantitative estimate of drug-likeness (QED) is 0.224. The van der Waals surface area contributed by atoms with Crippen molar-refractivity contribution < 1.29 is 42.9 Å². The first-order valence-electron chi connectivity index (χ1n) is 14.3. The molecule has 0 bridgehead atoms. The van der Waals surface area contributed by atoms with E-state index < -0.39 is 64.9 Å². The van der Waals surface area contributed by atoms with E-state index in [1.54, 1.807) is 44.4 Å². The number of epoxide rings is 1. The van der Waals surface area contributed by atoms with Gasteiger partial charge < -0.3 is 23.7 Å². The fraction of sp³-hybridized carbons (Fsp3) is 0.625. The van der Waals surface area contributed by atoms with Crippen LogP contribution in [0.3, 0.4) is 0 Å². The van der Waals surface area contributed by atoms with Gasteiger partial charge in [0.1, 0.15) is 24.4 Å². The minimum Gasteiger partial charge on any atom is -0.461 e. The Morgan fingerprint density at radius 3 is 2.12 bits per heavy atom. The second-order valence-electron chi connectivity index (χ2n) is 12.8. The SMILES string of the molecule is CO[C@H]1[C@H]2[C@@H]([C@@H](OC(C)=O)[C@@H](C)C(=O)[C@@]34C[C@H](C)[C@H](OC(C)=O)[C@]3(C=C(C)[C@H]1OC(=O)c1ccccc1)O4)C2(C)C. The first-order chi connectivity index (χ1) is 19.2. The lowest BCUT2D eigenvalue weighted by Gasteiger charge is -2.30. The topological polar surface area (TPSA) is 118 Å². The summed E-state index contributed by atoms with van der Waals surface area (Å²) in [6.45, 7) is 12.3. The molecule has 2 saturated carbocycles. The van der Waals surface area contributed by atoms with Gasteiger partial charge >= 0.3 is 17.9 Å². The number of carbonyl (C=O) groups excluding carboxylic acids is 4. The summed E-state index contributed by atoms with van der Waals surface area (Å²) in [5, 5.41) is 0. The van der Waals surface area contributed by atoms with Gasteiger partial charge in [0.2, 0.25) is 0 Å². The molecule has 1 saturated heterocycles. The highest BCUT2D eigenvalue weighted by atomic mass is 16.7. The maximum Gasteiger partial charge on any atom is 0.338 e. The Labute approximate surface area is 240 Å². The molecule has 3 fully saturated rings. The van der Waals surface area contributed by atoms with Gasteiger partial charge in [-0.2, -0.15) is 0 Å². The van der Waals surface area contributed by atoms with Crippen molar-refractivity contribution in [3.05, 3.63) is 47.5 Å². The molecule has 10 atom stereocenters. The average molecular weight is 569 g/mol. The van der Waals surface area contributed by atoms with E-state index in [1.807, 2.05) is 33.8 Å². The second kappa shape index (κ2) is 10.1. The van der Waals surface area contributed by atoms with Crippen LogP contribution in [0, 0.1) is 29.1 Å². The number of carbonyl (C=O) groups is 4. The maximum atomic E-state index is 14.4. The number of benzene rings is 1. The summed E-state index contributed by atoms with van der Waals surface area (Å²) in [5.74, 6) is -3.00. The van der Waals surface area contributed by atoms with Crippen molar-refractivity contribution in [3.63, 3.8) is 0 Å². The van der Waals surface area contributed by atoms with Crippen LogP contribution in [0.5, 0.6) is 0 Å². The lowest BCUT2D eigenvalue weighted by molar-refractivity contribution is -0.154. The van der Waals surface area contributed by atoms with Crippen molar-refractivity contribution in [2.24, 2.45) is 29.1 Å². The molecule has 5 rings (SSSR count). The van der Waals surface area contributed by atoms with Gasteiger partial charge in [-0.05, 0) is 48.5 Å². The zero-order chi connectivity index (χ0) is 30.1. The largest absolute Gasteiger partial charge is 0.461 e. The molecule has 4 aliphatic rings. The van der Waals surface area contributed by atoms with Gasteiger partial charge in [-0.15, -0.1) is 0 Å². The van der Waals surface area contributed by atoms with Crippen LogP contribution in [0.1, 0.15) is 65.2 Å². The van der Waals surface area contributed by atoms with Gasteiger partial charge in [-0.1, -0.05) is 45.9 Å². The highest BCUT2D eigenvalue weighted by molar-refractivity contribution is 5.96. The number of fused-ring (bicyclic) bond motifs is 1. The normalized spacial score (nSPS) is 40.5. The van der Waals surface area contributed by atoms with Crippen molar-refractivity contribution in [2.45, 2.75) is 90.5 Å². The van der Waals surface area contributed by atoms with Gasteiger partial charge in [-0.25, -0.2) is 4.79 Å². The Morgan fingerprint density at radius 1 is 0.927 bits per heavy atom. The molecule has 9 nitrogen and oxygen atoms in total. The summed E-state index contributed by atoms with van der Waals surface area (Å²) >= 11 is 0. The number of hydrogen-bond acceptors (Lipinski definition) is 9. The fourth-order valence-corrected chi connectivity index (χ4v) is 7.91. The van der Waals surface area contributed by atoms with Crippen LogP contribution in [0.25, 0.3) is 0 Å². The fourth-order valence-electron chi connectivity index (χ4n) is 7.91. The van der Waals surface area contributed by atoms with Crippen LogP contribution in [0.15, 0.2) is 42.0 Å². The van der Waals surface area contributed by atoms with E-state index >= 15 is 0 Å². The standard InChI is InChI=1S/C32H40O9/c1-16-14-32-28(39-20(5)34)17(2)15-31(32,41-32)27(35)18(3)25(38-19(4)33)22-23(30(22,6)7)26(37-8)24(16)40-29(36)21-12-10-9-11-13-21/h9-14,17-18,22-26,28H,15H2,1-8H3/t17-,18+,22-,23+,24+,25-,26-,28-,31-,32-/m0/s1. The molecular formula is C32H40O9. The number of ketones is 1. The summed E-state index contributed by atoms with van der Waals surface area (Å²) in [4.78, 5) is 52.2. The Balaban J connectivity index is 1.67. The Bertz CT molecular complexity index is 1290. The number of esters is 3. The Kier molecular flexibility index (Phi) is 7.22. The molecule has 0 radical (unpaired) electrons. The zero-order valence-electron chi connectivity index (χ0n) is 25.0. The van der Waals surface area contributed by atoms with Crippen molar-refractivity contribution in [3.8, 4) is 0 Å². The predicted molar refractivity (Wildman–Crippen MR) is 147 cm³/mol. The van der Waals surface area contributed by atoms with E-state index in [1.165, 1.54) is 13.8 Å². The molecule has 0 aromatic heterocycles. The van der Waals surface area contributed by atoms with Crippen molar-refractivity contribution >= 4 is 23.7 Å². The maximum absolute atomic E-state index is 14.4. The van der Waals surface area contributed by atoms with E-state index in [9.17, 15) is 19.2 Å². The van der Waals surface area contributed by atoms with Gasteiger partial charge in [0.15, 0.2) is 17.0 Å². The van der Waals surface area contributed by atoms with Crippen molar-refractivity contribution in [1.82, 2.24) is 0 Å². The molecule has 1 aromatic rings. The molecule has 0 unspecified atom stereocenters. The predicted octanol–water partition coefficient (Wildman–Crippen LogP) is 4.08. The molecular weight excluding hydrogens is 528 g/mol. The summed E-state index contributed by atoms with van der Waals surface area (Å²) in [7, 11) is 1.57. The molecule has 1 heterocycles. The summed E-state index contributed by atoms with van der Waals surface area (Å²) in [5.41, 5.74) is -1.88. The number of methoxy groups -OCH3 is 1. The molecule has 0 amide bonds. The second-order valence-corrected chi connectivity index (χ2v) is 12.8. The minimum atomic E-state index is -1.26. The summed E-state index contributed by atoms with van der Waals surface area (Å²) in [6.07, 6.45) is -0.802. The molecule has 222 valence electrons. The van der Waals surface area contributed by atoms with Crippen LogP contribution in [-0.4, -0.2) is 66.4 Å². The van der Waals surface area contributed by atoms with Crippen LogP contribution >= 0.6 is 0 Å². The lowest BCUT2D eigenvalue weighted by atomic mass is 9.80. The third kappa shape index (κ3) is 4.52. The summed E-state index contributed by atoms with van der Waals surface area (Å²) < 4.78 is 30.3. The first-order valence-corrected chi connectivity index (χ1v) is 14.3. The van der Waals surface area contributed by atoms with Gasteiger partial charge in [0.25, 0.3) is 0 Å². The average Bonchev–Trinajstić information content (AvgIpc) is 3.70. The van der Waals surface area contributed by atoms with Gasteiger partial charge in [-0.3, -0.25) is 14.4 Å². The highest BCUT2D eigenvalue weighted by Crippen LogP contribution is 2.68. The first kappa shape index (κ1) is 29.5. The minimum absolute atomic E-state index is 0.184.